The lowest BCUT2D eigenvalue weighted by Gasteiger charge is -2.32. The summed E-state index contributed by atoms with van der Waals surface area (Å²) in [5, 5.41) is 6.53. The minimum atomic E-state index is 0.622. The summed E-state index contributed by atoms with van der Waals surface area (Å²) in [5.41, 5.74) is 0. The molecule has 100 valence electrons. The van der Waals surface area contributed by atoms with Crippen molar-refractivity contribution in [1.29, 1.82) is 0 Å². The molecule has 1 atom stereocenters. The SMILES string of the molecule is CCNc1nccc(NCC2CCCCN2C)n1. The molecule has 2 rings (SSSR count). The Labute approximate surface area is 109 Å². The van der Waals surface area contributed by atoms with E-state index < -0.39 is 0 Å². The van der Waals surface area contributed by atoms with Gasteiger partial charge in [0, 0.05) is 25.3 Å². The molecule has 0 saturated carbocycles. The Morgan fingerprint density at radius 2 is 2.28 bits per heavy atom. The predicted molar refractivity (Wildman–Crippen MR) is 75.0 cm³/mol. The highest BCUT2D eigenvalue weighted by molar-refractivity contribution is 5.39. The van der Waals surface area contributed by atoms with E-state index >= 15 is 0 Å². The van der Waals surface area contributed by atoms with E-state index in [1.54, 1.807) is 6.20 Å². The lowest BCUT2D eigenvalue weighted by atomic mass is 10.0. The quantitative estimate of drug-likeness (QED) is 0.833. The minimum absolute atomic E-state index is 0.622. The van der Waals surface area contributed by atoms with Gasteiger partial charge in [0.25, 0.3) is 0 Å². The van der Waals surface area contributed by atoms with Gasteiger partial charge in [0.05, 0.1) is 0 Å². The van der Waals surface area contributed by atoms with Crippen LogP contribution in [0, 0.1) is 0 Å². The molecule has 18 heavy (non-hydrogen) atoms. The molecule has 1 unspecified atom stereocenters. The van der Waals surface area contributed by atoms with Crippen molar-refractivity contribution in [1.82, 2.24) is 14.9 Å². The van der Waals surface area contributed by atoms with E-state index in [1.165, 1.54) is 25.8 Å². The zero-order chi connectivity index (χ0) is 12.8. The highest BCUT2D eigenvalue weighted by Crippen LogP contribution is 2.15. The Morgan fingerprint density at radius 3 is 3.06 bits per heavy atom. The van der Waals surface area contributed by atoms with E-state index in [0.717, 1.165) is 18.9 Å². The van der Waals surface area contributed by atoms with Crippen molar-refractivity contribution in [3.05, 3.63) is 12.3 Å². The molecule has 0 radical (unpaired) electrons. The smallest absolute Gasteiger partial charge is 0.224 e. The number of piperidine rings is 1. The molecule has 1 aromatic rings. The number of likely N-dealkylation sites (tertiary alicyclic amines) is 1. The summed E-state index contributed by atoms with van der Waals surface area (Å²) in [4.78, 5) is 11.0. The van der Waals surface area contributed by atoms with Crippen molar-refractivity contribution in [2.75, 3.05) is 37.3 Å². The molecule has 5 nitrogen and oxygen atoms in total. The Kier molecular flexibility index (Phi) is 4.75. The zero-order valence-electron chi connectivity index (χ0n) is 11.3. The molecular formula is C13H23N5. The number of hydrogen-bond acceptors (Lipinski definition) is 5. The van der Waals surface area contributed by atoms with Gasteiger partial charge < -0.3 is 15.5 Å². The second kappa shape index (κ2) is 6.54. The summed E-state index contributed by atoms with van der Waals surface area (Å²) >= 11 is 0. The second-order valence-electron chi connectivity index (χ2n) is 4.81. The third-order valence-electron chi connectivity index (χ3n) is 3.43. The lowest BCUT2D eigenvalue weighted by Crippen LogP contribution is -2.40. The van der Waals surface area contributed by atoms with Crippen molar-refractivity contribution in [2.45, 2.75) is 32.2 Å². The van der Waals surface area contributed by atoms with E-state index in [9.17, 15) is 0 Å². The van der Waals surface area contributed by atoms with Gasteiger partial charge in [-0.3, -0.25) is 0 Å². The van der Waals surface area contributed by atoms with Crippen LogP contribution < -0.4 is 10.6 Å². The Hall–Kier alpha value is -1.36. The molecule has 0 aromatic carbocycles. The van der Waals surface area contributed by atoms with Crippen LogP contribution in [0.4, 0.5) is 11.8 Å². The fourth-order valence-electron chi connectivity index (χ4n) is 2.32. The van der Waals surface area contributed by atoms with Gasteiger partial charge in [-0.05, 0) is 39.4 Å². The van der Waals surface area contributed by atoms with Gasteiger partial charge in [0.1, 0.15) is 5.82 Å². The minimum Gasteiger partial charge on any atom is -0.368 e. The summed E-state index contributed by atoms with van der Waals surface area (Å²) < 4.78 is 0. The highest BCUT2D eigenvalue weighted by Gasteiger charge is 2.18. The van der Waals surface area contributed by atoms with Gasteiger partial charge in [-0.15, -0.1) is 0 Å². The van der Waals surface area contributed by atoms with Crippen LogP contribution >= 0.6 is 0 Å². The van der Waals surface area contributed by atoms with Crippen molar-refractivity contribution < 1.29 is 0 Å². The number of likely N-dealkylation sites (N-methyl/N-ethyl adjacent to an activating group) is 1. The molecule has 1 saturated heterocycles. The molecule has 1 aromatic heterocycles. The maximum Gasteiger partial charge on any atom is 0.224 e. The number of nitrogens with zero attached hydrogens (tertiary/aromatic N) is 3. The summed E-state index contributed by atoms with van der Waals surface area (Å²) in [7, 11) is 2.20. The summed E-state index contributed by atoms with van der Waals surface area (Å²) in [6.45, 7) is 5.05. The third kappa shape index (κ3) is 3.57. The lowest BCUT2D eigenvalue weighted by molar-refractivity contribution is 0.194. The van der Waals surface area contributed by atoms with Crippen LogP contribution in [0.15, 0.2) is 12.3 Å². The van der Waals surface area contributed by atoms with Crippen molar-refractivity contribution in [3.8, 4) is 0 Å². The molecule has 2 heterocycles. The molecule has 0 aliphatic carbocycles. The van der Waals surface area contributed by atoms with E-state index in [1.807, 2.05) is 13.0 Å². The van der Waals surface area contributed by atoms with Crippen LogP contribution in [-0.2, 0) is 0 Å². The van der Waals surface area contributed by atoms with E-state index in [0.29, 0.717) is 12.0 Å². The normalized spacial score (nSPS) is 20.7. The van der Waals surface area contributed by atoms with Crippen LogP contribution in [0.3, 0.4) is 0 Å². The van der Waals surface area contributed by atoms with Gasteiger partial charge in [0.15, 0.2) is 0 Å². The Balaban J connectivity index is 1.87. The van der Waals surface area contributed by atoms with Gasteiger partial charge in [-0.2, -0.15) is 4.98 Å². The van der Waals surface area contributed by atoms with Gasteiger partial charge in [-0.25, -0.2) is 4.98 Å². The standard InChI is InChI=1S/C13H23N5/c1-3-14-13-15-8-7-12(17-13)16-10-11-6-4-5-9-18(11)2/h7-8,11H,3-6,9-10H2,1-2H3,(H2,14,15,16,17). The number of nitrogens with one attached hydrogen (secondary N) is 2. The van der Waals surface area contributed by atoms with Crippen molar-refractivity contribution in [3.63, 3.8) is 0 Å². The number of anilines is 2. The number of hydrogen-bond donors (Lipinski definition) is 2. The van der Waals surface area contributed by atoms with E-state index in [4.69, 9.17) is 0 Å². The summed E-state index contributed by atoms with van der Waals surface area (Å²) in [6, 6.07) is 2.54. The Morgan fingerprint density at radius 1 is 1.39 bits per heavy atom. The molecule has 0 spiro atoms. The maximum absolute atomic E-state index is 4.42. The van der Waals surface area contributed by atoms with Crippen LogP contribution in [0.2, 0.25) is 0 Å². The number of rotatable bonds is 5. The van der Waals surface area contributed by atoms with Crippen LogP contribution in [-0.4, -0.2) is 47.6 Å². The molecule has 1 aliphatic heterocycles. The zero-order valence-corrected chi connectivity index (χ0v) is 11.3. The highest BCUT2D eigenvalue weighted by atomic mass is 15.2. The van der Waals surface area contributed by atoms with Crippen molar-refractivity contribution >= 4 is 11.8 Å². The second-order valence-corrected chi connectivity index (χ2v) is 4.81. The van der Waals surface area contributed by atoms with Crippen LogP contribution in [0.25, 0.3) is 0 Å². The fourth-order valence-corrected chi connectivity index (χ4v) is 2.32. The largest absolute Gasteiger partial charge is 0.368 e. The van der Waals surface area contributed by atoms with Gasteiger partial charge >= 0.3 is 0 Å². The third-order valence-corrected chi connectivity index (χ3v) is 3.43. The first-order valence-electron chi connectivity index (χ1n) is 6.80. The number of aromatic nitrogens is 2. The first-order valence-corrected chi connectivity index (χ1v) is 6.80. The summed E-state index contributed by atoms with van der Waals surface area (Å²) in [5.74, 6) is 1.60. The molecule has 5 heteroatoms. The molecule has 0 amide bonds. The molecule has 1 aliphatic rings. The van der Waals surface area contributed by atoms with E-state index in [2.05, 4.69) is 32.5 Å². The van der Waals surface area contributed by atoms with Crippen LogP contribution in [0.1, 0.15) is 26.2 Å². The first kappa shape index (κ1) is 13.1. The van der Waals surface area contributed by atoms with E-state index in [-0.39, 0.29) is 0 Å². The maximum atomic E-state index is 4.42. The topological polar surface area (TPSA) is 53.1 Å². The predicted octanol–water partition coefficient (Wildman–Crippen LogP) is 1.80. The Bertz CT molecular complexity index is 368. The monoisotopic (exact) mass is 249 g/mol. The van der Waals surface area contributed by atoms with Gasteiger partial charge in [0.2, 0.25) is 5.95 Å². The first-order chi connectivity index (χ1) is 8.79. The molecule has 0 bridgehead atoms. The van der Waals surface area contributed by atoms with Crippen molar-refractivity contribution in [2.24, 2.45) is 0 Å². The molecule has 1 fully saturated rings. The molecule has 2 N–H and O–H groups in total. The fraction of sp³-hybridized carbons (Fsp3) is 0.692. The molecular weight excluding hydrogens is 226 g/mol. The average molecular weight is 249 g/mol. The van der Waals surface area contributed by atoms with Crippen LogP contribution in [0.5, 0.6) is 0 Å². The average Bonchev–Trinajstić information content (AvgIpc) is 2.39. The van der Waals surface area contributed by atoms with Gasteiger partial charge in [-0.1, -0.05) is 6.42 Å². The summed E-state index contributed by atoms with van der Waals surface area (Å²) in [6.07, 6.45) is 5.72.